The normalized spacial score (nSPS) is 49.7. The van der Waals surface area contributed by atoms with Crippen LogP contribution in [0.4, 0.5) is 0 Å². The summed E-state index contributed by atoms with van der Waals surface area (Å²) in [6.45, 7) is 2.19. The summed E-state index contributed by atoms with van der Waals surface area (Å²) < 4.78 is 0. The van der Waals surface area contributed by atoms with Gasteiger partial charge in [0.05, 0.1) is 6.10 Å². The van der Waals surface area contributed by atoms with Gasteiger partial charge in [-0.05, 0) is 25.3 Å². The summed E-state index contributed by atoms with van der Waals surface area (Å²) in [5, 5.41) is 12.7. The monoisotopic (exact) mass is 127 g/mol. The maximum absolute atomic E-state index is 9.36. The Bertz CT molecular complexity index is 115. The highest BCUT2D eigenvalue weighted by molar-refractivity contribution is 4.91. The third-order valence-corrected chi connectivity index (χ3v) is 2.72. The van der Waals surface area contributed by atoms with Gasteiger partial charge >= 0.3 is 0 Å². The largest absolute Gasteiger partial charge is 0.393 e. The van der Waals surface area contributed by atoms with Crippen LogP contribution >= 0.6 is 0 Å². The zero-order valence-electron chi connectivity index (χ0n) is 5.51. The molecule has 1 saturated carbocycles. The van der Waals surface area contributed by atoms with E-state index in [0.29, 0.717) is 5.92 Å². The number of nitrogens with one attached hydrogen (secondary N) is 1. The van der Waals surface area contributed by atoms with Crippen molar-refractivity contribution in [3.05, 3.63) is 0 Å². The number of aliphatic hydroxyl groups is 1. The Balaban J connectivity index is 2.07. The van der Waals surface area contributed by atoms with Gasteiger partial charge in [0.2, 0.25) is 0 Å². The number of aliphatic hydroxyl groups excluding tert-OH is 1. The molecule has 1 aliphatic heterocycles. The molecular weight excluding hydrogens is 114 g/mol. The molecule has 0 aromatic heterocycles. The minimum absolute atomic E-state index is 0.00463. The fraction of sp³-hybridized carbons (Fsp3) is 1.00. The molecule has 3 atom stereocenters. The molecule has 0 amide bonds. The Morgan fingerprint density at radius 1 is 1.22 bits per heavy atom. The molecule has 0 spiro atoms. The van der Waals surface area contributed by atoms with E-state index >= 15 is 0 Å². The quantitative estimate of drug-likeness (QED) is 0.479. The zero-order chi connectivity index (χ0) is 6.27. The minimum Gasteiger partial charge on any atom is -0.393 e. The summed E-state index contributed by atoms with van der Waals surface area (Å²) in [7, 11) is 0. The van der Waals surface area contributed by atoms with Gasteiger partial charge in [0.15, 0.2) is 0 Å². The van der Waals surface area contributed by atoms with Gasteiger partial charge in [-0.25, -0.2) is 0 Å². The molecule has 0 aromatic rings. The van der Waals surface area contributed by atoms with Crippen LogP contribution in [0.25, 0.3) is 0 Å². The molecule has 9 heavy (non-hydrogen) atoms. The van der Waals surface area contributed by atoms with Crippen molar-refractivity contribution in [2.45, 2.75) is 18.9 Å². The molecule has 0 unspecified atom stereocenters. The number of hydrogen-bond acceptors (Lipinski definition) is 2. The molecule has 2 nitrogen and oxygen atoms in total. The van der Waals surface area contributed by atoms with Crippen molar-refractivity contribution in [3.63, 3.8) is 0 Å². The molecule has 1 aliphatic carbocycles. The maximum atomic E-state index is 9.36. The summed E-state index contributed by atoms with van der Waals surface area (Å²) in [5.41, 5.74) is 0. The topological polar surface area (TPSA) is 32.3 Å². The third kappa shape index (κ3) is 0.775. The van der Waals surface area contributed by atoms with Crippen LogP contribution in [0.5, 0.6) is 0 Å². The van der Waals surface area contributed by atoms with E-state index in [9.17, 15) is 5.11 Å². The fourth-order valence-corrected chi connectivity index (χ4v) is 2.12. The van der Waals surface area contributed by atoms with E-state index in [2.05, 4.69) is 5.32 Å². The molecule has 0 radical (unpaired) electrons. The lowest BCUT2D eigenvalue weighted by atomic mass is 10.00. The summed E-state index contributed by atoms with van der Waals surface area (Å²) >= 11 is 0. The van der Waals surface area contributed by atoms with Crippen molar-refractivity contribution in [1.82, 2.24) is 5.32 Å². The van der Waals surface area contributed by atoms with Crippen molar-refractivity contribution in [1.29, 1.82) is 0 Å². The van der Waals surface area contributed by atoms with E-state index < -0.39 is 0 Å². The second-order valence-electron chi connectivity index (χ2n) is 3.23. The van der Waals surface area contributed by atoms with Crippen LogP contribution in [-0.4, -0.2) is 24.3 Å². The Labute approximate surface area is 55.3 Å². The Morgan fingerprint density at radius 2 is 2.11 bits per heavy atom. The molecule has 2 rings (SSSR count). The lowest BCUT2D eigenvalue weighted by molar-refractivity contribution is 0.133. The van der Waals surface area contributed by atoms with Gasteiger partial charge in [-0.1, -0.05) is 0 Å². The third-order valence-electron chi connectivity index (χ3n) is 2.72. The van der Waals surface area contributed by atoms with Crippen LogP contribution in [0.2, 0.25) is 0 Å². The number of rotatable bonds is 0. The second kappa shape index (κ2) is 1.96. The van der Waals surface area contributed by atoms with Crippen LogP contribution in [0, 0.1) is 11.8 Å². The standard InChI is InChI=1S/C7H13NO/c9-7-2-1-5-3-8-4-6(5)7/h5-9H,1-4H2/t5-,6+,7+/m1/s1. The van der Waals surface area contributed by atoms with Crippen LogP contribution in [0.1, 0.15) is 12.8 Å². The Kier molecular flexibility index (Phi) is 1.24. The first kappa shape index (κ1) is 5.69. The van der Waals surface area contributed by atoms with Crippen molar-refractivity contribution < 1.29 is 5.11 Å². The van der Waals surface area contributed by atoms with Crippen molar-refractivity contribution >= 4 is 0 Å². The molecule has 1 heterocycles. The highest BCUT2D eigenvalue weighted by atomic mass is 16.3. The molecule has 2 heteroatoms. The first-order chi connectivity index (χ1) is 4.38. The number of hydrogen-bond donors (Lipinski definition) is 2. The molecule has 52 valence electrons. The van der Waals surface area contributed by atoms with E-state index in [-0.39, 0.29) is 6.10 Å². The Morgan fingerprint density at radius 3 is 2.89 bits per heavy atom. The predicted molar refractivity (Wildman–Crippen MR) is 35.1 cm³/mol. The summed E-state index contributed by atoms with van der Waals surface area (Å²) in [6.07, 6.45) is 2.28. The van der Waals surface area contributed by atoms with E-state index in [1.54, 1.807) is 0 Å². The average molecular weight is 127 g/mol. The van der Waals surface area contributed by atoms with Gasteiger partial charge in [0, 0.05) is 12.5 Å². The van der Waals surface area contributed by atoms with E-state index in [0.717, 1.165) is 25.4 Å². The summed E-state index contributed by atoms with van der Waals surface area (Å²) in [6, 6.07) is 0. The van der Waals surface area contributed by atoms with Crippen LogP contribution in [0.3, 0.4) is 0 Å². The maximum Gasteiger partial charge on any atom is 0.0583 e. The van der Waals surface area contributed by atoms with E-state index in [4.69, 9.17) is 0 Å². The minimum atomic E-state index is 0.00463. The fourth-order valence-electron chi connectivity index (χ4n) is 2.12. The van der Waals surface area contributed by atoms with Gasteiger partial charge in [-0.2, -0.15) is 0 Å². The highest BCUT2D eigenvalue weighted by Gasteiger charge is 2.37. The lowest BCUT2D eigenvalue weighted by Crippen LogP contribution is -2.19. The molecule has 2 fully saturated rings. The SMILES string of the molecule is O[C@H]1CC[C@@H]2CNC[C@@H]21. The highest BCUT2D eigenvalue weighted by Crippen LogP contribution is 2.33. The molecule has 0 bridgehead atoms. The van der Waals surface area contributed by atoms with Crippen molar-refractivity contribution in [2.24, 2.45) is 11.8 Å². The average Bonchev–Trinajstić information content (AvgIpc) is 2.35. The zero-order valence-corrected chi connectivity index (χ0v) is 5.51. The molecule has 2 aliphatic rings. The molecule has 2 N–H and O–H groups in total. The van der Waals surface area contributed by atoms with Crippen molar-refractivity contribution in [2.75, 3.05) is 13.1 Å². The summed E-state index contributed by atoms with van der Waals surface area (Å²) in [5.74, 6) is 1.38. The molecular formula is C7H13NO. The Hall–Kier alpha value is -0.0800. The molecule has 1 saturated heterocycles. The predicted octanol–water partition coefficient (Wildman–Crippen LogP) is -0.0233. The molecule has 0 aromatic carbocycles. The van der Waals surface area contributed by atoms with Gasteiger partial charge in [-0.15, -0.1) is 0 Å². The number of fused-ring (bicyclic) bond motifs is 1. The lowest BCUT2D eigenvalue weighted by Gasteiger charge is -2.09. The van der Waals surface area contributed by atoms with Crippen LogP contribution in [0.15, 0.2) is 0 Å². The summed E-state index contributed by atoms with van der Waals surface area (Å²) in [4.78, 5) is 0. The van der Waals surface area contributed by atoms with E-state index in [1.807, 2.05) is 0 Å². The smallest absolute Gasteiger partial charge is 0.0583 e. The van der Waals surface area contributed by atoms with Crippen LogP contribution in [-0.2, 0) is 0 Å². The second-order valence-corrected chi connectivity index (χ2v) is 3.23. The van der Waals surface area contributed by atoms with Gasteiger partial charge in [0.25, 0.3) is 0 Å². The first-order valence-corrected chi connectivity index (χ1v) is 3.76. The van der Waals surface area contributed by atoms with Gasteiger partial charge in [-0.3, -0.25) is 0 Å². The van der Waals surface area contributed by atoms with Crippen LogP contribution < -0.4 is 5.32 Å². The van der Waals surface area contributed by atoms with E-state index in [1.165, 1.54) is 6.42 Å². The first-order valence-electron chi connectivity index (χ1n) is 3.76. The van der Waals surface area contributed by atoms with Gasteiger partial charge < -0.3 is 10.4 Å². The van der Waals surface area contributed by atoms with Crippen molar-refractivity contribution in [3.8, 4) is 0 Å². The van der Waals surface area contributed by atoms with Gasteiger partial charge in [0.1, 0.15) is 0 Å².